The molecule has 0 aliphatic heterocycles. The van der Waals surface area contributed by atoms with E-state index >= 15 is 0 Å². The molecule has 0 bridgehead atoms. The summed E-state index contributed by atoms with van der Waals surface area (Å²) in [5, 5.41) is 8.98. The molecule has 2 aromatic carbocycles. The SMILES string of the molecule is N#Cc1cccc(-c2ccnc(-c3ccccc3)c2)c1. The molecule has 94 valence electrons. The van der Waals surface area contributed by atoms with Crippen LogP contribution < -0.4 is 0 Å². The molecule has 1 heterocycles. The second-order valence-electron chi connectivity index (χ2n) is 4.49. The van der Waals surface area contributed by atoms with Crippen LogP contribution in [0.2, 0.25) is 0 Å². The van der Waals surface area contributed by atoms with Gasteiger partial charge in [0.1, 0.15) is 0 Å². The van der Waals surface area contributed by atoms with Crippen molar-refractivity contribution in [3.8, 4) is 28.5 Å². The second kappa shape index (κ2) is 5.38. The van der Waals surface area contributed by atoms with Crippen LogP contribution in [0.3, 0.4) is 0 Å². The minimum Gasteiger partial charge on any atom is -0.256 e. The summed E-state index contributed by atoms with van der Waals surface area (Å²) in [6.45, 7) is 0. The molecule has 20 heavy (non-hydrogen) atoms. The van der Waals surface area contributed by atoms with Gasteiger partial charge in [-0.05, 0) is 35.4 Å². The molecule has 2 heteroatoms. The Morgan fingerprint density at radius 2 is 1.50 bits per heavy atom. The molecule has 0 amide bonds. The normalized spacial score (nSPS) is 9.95. The van der Waals surface area contributed by atoms with Crippen LogP contribution >= 0.6 is 0 Å². The van der Waals surface area contributed by atoms with E-state index in [0.29, 0.717) is 5.56 Å². The van der Waals surface area contributed by atoms with Gasteiger partial charge in [0.05, 0.1) is 17.3 Å². The van der Waals surface area contributed by atoms with Crippen molar-refractivity contribution in [2.24, 2.45) is 0 Å². The highest BCUT2D eigenvalue weighted by atomic mass is 14.7. The Hall–Kier alpha value is -2.92. The van der Waals surface area contributed by atoms with Crippen LogP contribution in [-0.2, 0) is 0 Å². The number of nitrogens with zero attached hydrogens (tertiary/aromatic N) is 2. The molecule has 0 radical (unpaired) electrons. The molecule has 0 atom stereocenters. The van der Waals surface area contributed by atoms with Gasteiger partial charge in [-0.15, -0.1) is 0 Å². The number of benzene rings is 2. The van der Waals surface area contributed by atoms with Crippen molar-refractivity contribution < 1.29 is 0 Å². The molecule has 0 saturated heterocycles. The van der Waals surface area contributed by atoms with Crippen LogP contribution in [0.15, 0.2) is 72.9 Å². The Labute approximate surface area is 118 Å². The number of nitriles is 1. The quantitative estimate of drug-likeness (QED) is 0.686. The molecule has 0 N–H and O–H groups in total. The lowest BCUT2D eigenvalue weighted by molar-refractivity contribution is 1.32. The summed E-state index contributed by atoms with van der Waals surface area (Å²) in [5.74, 6) is 0. The minimum absolute atomic E-state index is 0.667. The van der Waals surface area contributed by atoms with Gasteiger partial charge < -0.3 is 0 Å². The third-order valence-electron chi connectivity index (χ3n) is 3.15. The fraction of sp³-hybridized carbons (Fsp3) is 0. The van der Waals surface area contributed by atoms with E-state index in [0.717, 1.165) is 22.4 Å². The second-order valence-corrected chi connectivity index (χ2v) is 4.49. The van der Waals surface area contributed by atoms with Crippen molar-refractivity contribution >= 4 is 0 Å². The largest absolute Gasteiger partial charge is 0.256 e. The number of hydrogen-bond donors (Lipinski definition) is 0. The summed E-state index contributed by atoms with van der Waals surface area (Å²) in [7, 11) is 0. The number of hydrogen-bond acceptors (Lipinski definition) is 2. The van der Waals surface area contributed by atoms with E-state index in [4.69, 9.17) is 5.26 Å². The first-order valence-corrected chi connectivity index (χ1v) is 6.39. The van der Waals surface area contributed by atoms with Gasteiger partial charge in [-0.2, -0.15) is 5.26 Å². The molecule has 0 unspecified atom stereocenters. The summed E-state index contributed by atoms with van der Waals surface area (Å²) >= 11 is 0. The summed E-state index contributed by atoms with van der Waals surface area (Å²) in [5.41, 5.74) is 4.79. The summed E-state index contributed by atoms with van der Waals surface area (Å²) in [6, 6.07) is 23.9. The molecular weight excluding hydrogens is 244 g/mol. The Morgan fingerprint density at radius 3 is 2.30 bits per heavy atom. The summed E-state index contributed by atoms with van der Waals surface area (Å²) in [4.78, 5) is 4.41. The Bertz CT molecular complexity index is 771. The van der Waals surface area contributed by atoms with Gasteiger partial charge in [-0.3, -0.25) is 4.98 Å². The summed E-state index contributed by atoms with van der Waals surface area (Å²) < 4.78 is 0. The molecule has 3 aromatic rings. The first-order valence-electron chi connectivity index (χ1n) is 6.39. The van der Waals surface area contributed by atoms with Crippen LogP contribution in [0.5, 0.6) is 0 Å². The van der Waals surface area contributed by atoms with Gasteiger partial charge in [0.2, 0.25) is 0 Å². The Morgan fingerprint density at radius 1 is 0.750 bits per heavy atom. The van der Waals surface area contributed by atoms with Crippen molar-refractivity contribution in [2.75, 3.05) is 0 Å². The topological polar surface area (TPSA) is 36.7 Å². The third-order valence-corrected chi connectivity index (χ3v) is 3.15. The number of rotatable bonds is 2. The summed E-state index contributed by atoms with van der Waals surface area (Å²) in [6.07, 6.45) is 1.80. The molecule has 0 saturated carbocycles. The zero-order valence-corrected chi connectivity index (χ0v) is 10.8. The highest BCUT2D eigenvalue weighted by Crippen LogP contribution is 2.24. The Balaban J connectivity index is 2.06. The van der Waals surface area contributed by atoms with Crippen molar-refractivity contribution in [1.29, 1.82) is 5.26 Å². The van der Waals surface area contributed by atoms with Crippen LogP contribution in [0.4, 0.5) is 0 Å². The van der Waals surface area contributed by atoms with E-state index < -0.39 is 0 Å². The predicted octanol–water partition coefficient (Wildman–Crippen LogP) is 4.29. The lowest BCUT2D eigenvalue weighted by atomic mass is 10.0. The van der Waals surface area contributed by atoms with E-state index in [1.54, 1.807) is 6.20 Å². The van der Waals surface area contributed by atoms with Gasteiger partial charge in [-0.1, -0.05) is 42.5 Å². The van der Waals surface area contributed by atoms with E-state index in [-0.39, 0.29) is 0 Å². The number of aromatic nitrogens is 1. The van der Waals surface area contributed by atoms with E-state index in [9.17, 15) is 0 Å². The molecule has 3 rings (SSSR count). The maximum absolute atomic E-state index is 8.98. The standard InChI is InChI=1S/C18H12N2/c19-13-14-5-4-8-16(11-14)17-9-10-20-18(12-17)15-6-2-1-3-7-15/h1-12H. The van der Waals surface area contributed by atoms with Crippen LogP contribution in [0.25, 0.3) is 22.4 Å². The molecule has 0 aliphatic carbocycles. The first-order chi connectivity index (χ1) is 9.86. The molecule has 0 aliphatic rings. The smallest absolute Gasteiger partial charge is 0.0991 e. The molecule has 2 nitrogen and oxygen atoms in total. The maximum atomic E-state index is 8.98. The fourth-order valence-corrected chi connectivity index (χ4v) is 2.15. The van der Waals surface area contributed by atoms with Crippen LogP contribution in [-0.4, -0.2) is 4.98 Å². The highest BCUT2D eigenvalue weighted by molar-refractivity contribution is 5.71. The lowest BCUT2D eigenvalue weighted by Crippen LogP contribution is -1.85. The van der Waals surface area contributed by atoms with Crippen molar-refractivity contribution in [3.63, 3.8) is 0 Å². The zero-order chi connectivity index (χ0) is 13.8. The molecule has 0 spiro atoms. The molecular formula is C18H12N2. The van der Waals surface area contributed by atoms with E-state index in [2.05, 4.69) is 11.1 Å². The van der Waals surface area contributed by atoms with Gasteiger partial charge in [-0.25, -0.2) is 0 Å². The van der Waals surface area contributed by atoms with Crippen LogP contribution in [0.1, 0.15) is 5.56 Å². The monoisotopic (exact) mass is 256 g/mol. The van der Waals surface area contributed by atoms with Crippen molar-refractivity contribution in [3.05, 3.63) is 78.5 Å². The average molecular weight is 256 g/mol. The highest BCUT2D eigenvalue weighted by Gasteiger charge is 2.03. The predicted molar refractivity (Wildman–Crippen MR) is 79.8 cm³/mol. The third kappa shape index (κ3) is 2.43. The lowest BCUT2D eigenvalue weighted by Gasteiger charge is -2.05. The van der Waals surface area contributed by atoms with Gasteiger partial charge >= 0.3 is 0 Å². The molecule has 1 aromatic heterocycles. The Kier molecular flexibility index (Phi) is 3.26. The van der Waals surface area contributed by atoms with Crippen LogP contribution in [0, 0.1) is 11.3 Å². The van der Waals surface area contributed by atoms with E-state index in [1.165, 1.54) is 0 Å². The number of pyridine rings is 1. The van der Waals surface area contributed by atoms with Crippen molar-refractivity contribution in [2.45, 2.75) is 0 Å². The average Bonchev–Trinajstić information content (AvgIpc) is 2.56. The minimum atomic E-state index is 0.667. The van der Waals surface area contributed by atoms with Gasteiger partial charge in [0, 0.05) is 11.8 Å². The van der Waals surface area contributed by atoms with Gasteiger partial charge in [0.15, 0.2) is 0 Å². The molecule has 0 fully saturated rings. The van der Waals surface area contributed by atoms with Crippen molar-refractivity contribution in [1.82, 2.24) is 4.98 Å². The maximum Gasteiger partial charge on any atom is 0.0991 e. The van der Waals surface area contributed by atoms with E-state index in [1.807, 2.05) is 66.7 Å². The first kappa shape index (κ1) is 12.1. The zero-order valence-electron chi connectivity index (χ0n) is 10.8. The van der Waals surface area contributed by atoms with Gasteiger partial charge in [0.25, 0.3) is 0 Å². The fourth-order valence-electron chi connectivity index (χ4n) is 2.15.